The standard InChI is InChI=1S/C18H18FNO2/c19-17-9-5-4-8-14(17)15-11-20(12-16(15)18(21)22)10-13-6-2-1-3-7-13/h1-9,15-16H,10-12H2,(H,21,22)/t15-,16-/m1/s1. The molecule has 0 amide bonds. The second-order valence-corrected chi connectivity index (χ2v) is 5.75. The van der Waals surface area contributed by atoms with E-state index in [1.165, 1.54) is 6.07 Å². The number of hydrogen-bond acceptors (Lipinski definition) is 2. The van der Waals surface area contributed by atoms with E-state index in [-0.39, 0.29) is 11.7 Å². The molecule has 3 nitrogen and oxygen atoms in total. The Morgan fingerprint density at radius 2 is 1.77 bits per heavy atom. The van der Waals surface area contributed by atoms with Crippen LogP contribution in [0.3, 0.4) is 0 Å². The highest BCUT2D eigenvalue weighted by Crippen LogP contribution is 2.34. The van der Waals surface area contributed by atoms with Crippen LogP contribution in [-0.4, -0.2) is 29.1 Å². The monoisotopic (exact) mass is 299 g/mol. The summed E-state index contributed by atoms with van der Waals surface area (Å²) in [6.45, 7) is 1.70. The molecule has 1 N–H and O–H groups in total. The van der Waals surface area contributed by atoms with Crippen LogP contribution in [0, 0.1) is 11.7 Å². The van der Waals surface area contributed by atoms with Crippen molar-refractivity contribution in [2.45, 2.75) is 12.5 Å². The van der Waals surface area contributed by atoms with Crippen LogP contribution in [0.1, 0.15) is 17.0 Å². The van der Waals surface area contributed by atoms with Crippen LogP contribution in [0.25, 0.3) is 0 Å². The van der Waals surface area contributed by atoms with Gasteiger partial charge in [-0.2, -0.15) is 0 Å². The van der Waals surface area contributed by atoms with Crippen molar-refractivity contribution in [1.29, 1.82) is 0 Å². The average Bonchev–Trinajstić information content (AvgIpc) is 2.92. The molecular formula is C18H18FNO2. The largest absolute Gasteiger partial charge is 0.481 e. The van der Waals surface area contributed by atoms with Crippen LogP contribution in [0.2, 0.25) is 0 Å². The van der Waals surface area contributed by atoms with E-state index < -0.39 is 11.9 Å². The summed E-state index contributed by atoms with van der Waals surface area (Å²) in [4.78, 5) is 13.6. The van der Waals surface area contributed by atoms with E-state index in [0.29, 0.717) is 25.2 Å². The maximum atomic E-state index is 14.0. The molecule has 114 valence electrons. The van der Waals surface area contributed by atoms with Crippen molar-refractivity contribution in [3.05, 3.63) is 71.5 Å². The molecule has 1 heterocycles. The highest BCUT2D eigenvalue weighted by atomic mass is 19.1. The third-order valence-corrected chi connectivity index (χ3v) is 4.27. The van der Waals surface area contributed by atoms with Gasteiger partial charge < -0.3 is 5.11 Å². The molecule has 1 aliphatic rings. The number of nitrogens with zero attached hydrogens (tertiary/aromatic N) is 1. The van der Waals surface area contributed by atoms with Gasteiger partial charge in [-0.1, -0.05) is 48.5 Å². The summed E-state index contributed by atoms with van der Waals surface area (Å²) in [6, 6.07) is 16.4. The fourth-order valence-corrected chi connectivity index (χ4v) is 3.20. The quantitative estimate of drug-likeness (QED) is 0.943. The molecule has 2 atom stereocenters. The molecule has 1 aliphatic heterocycles. The lowest BCUT2D eigenvalue weighted by molar-refractivity contribution is -0.141. The Bertz CT molecular complexity index is 659. The second kappa shape index (κ2) is 6.28. The van der Waals surface area contributed by atoms with Crippen molar-refractivity contribution >= 4 is 5.97 Å². The van der Waals surface area contributed by atoms with E-state index >= 15 is 0 Å². The molecule has 0 bridgehead atoms. The molecule has 0 aromatic heterocycles. The number of aliphatic carboxylic acids is 1. The molecule has 0 unspecified atom stereocenters. The predicted octanol–water partition coefficient (Wildman–Crippen LogP) is 3.13. The van der Waals surface area contributed by atoms with E-state index in [4.69, 9.17) is 0 Å². The molecule has 2 aromatic rings. The molecule has 1 fully saturated rings. The first-order valence-corrected chi connectivity index (χ1v) is 7.38. The lowest BCUT2D eigenvalue weighted by Gasteiger charge is -2.16. The number of halogens is 1. The van der Waals surface area contributed by atoms with Crippen molar-refractivity contribution < 1.29 is 14.3 Å². The fourth-order valence-electron chi connectivity index (χ4n) is 3.20. The molecule has 22 heavy (non-hydrogen) atoms. The van der Waals surface area contributed by atoms with Gasteiger partial charge in [0.25, 0.3) is 0 Å². The minimum absolute atomic E-state index is 0.303. The molecular weight excluding hydrogens is 281 g/mol. The number of hydrogen-bond donors (Lipinski definition) is 1. The van der Waals surface area contributed by atoms with E-state index in [2.05, 4.69) is 4.90 Å². The minimum atomic E-state index is -0.858. The number of carbonyl (C=O) groups is 1. The maximum absolute atomic E-state index is 14.0. The Morgan fingerprint density at radius 3 is 2.45 bits per heavy atom. The normalized spacial score (nSPS) is 21.9. The molecule has 0 aliphatic carbocycles. The third-order valence-electron chi connectivity index (χ3n) is 4.27. The Morgan fingerprint density at radius 1 is 1.09 bits per heavy atom. The van der Waals surface area contributed by atoms with Gasteiger partial charge in [-0.25, -0.2) is 4.39 Å². The zero-order valence-corrected chi connectivity index (χ0v) is 12.2. The smallest absolute Gasteiger partial charge is 0.308 e. The van der Waals surface area contributed by atoms with Gasteiger partial charge in [0.15, 0.2) is 0 Å². The predicted molar refractivity (Wildman–Crippen MR) is 82.0 cm³/mol. The van der Waals surface area contributed by atoms with E-state index in [1.54, 1.807) is 18.2 Å². The molecule has 1 saturated heterocycles. The van der Waals surface area contributed by atoms with Crippen LogP contribution >= 0.6 is 0 Å². The van der Waals surface area contributed by atoms with E-state index in [1.807, 2.05) is 30.3 Å². The van der Waals surface area contributed by atoms with Gasteiger partial charge in [0.1, 0.15) is 5.82 Å². The summed E-state index contributed by atoms with van der Waals surface area (Å²) in [5.74, 6) is -2.05. The summed E-state index contributed by atoms with van der Waals surface area (Å²) < 4.78 is 14.0. The van der Waals surface area contributed by atoms with Crippen LogP contribution in [0.15, 0.2) is 54.6 Å². The summed E-state index contributed by atoms with van der Waals surface area (Å²) >= 11 is 0. The van der Waals surface area contributed by atoms with Gasteiger partial charge in [-0.15, -0.1) is 0 Å². The van der Waals surface area contributed by atoms with Gasteiger partial charge >= 0.3 is 5.97 Å². The van der Waals surface area contributed by atoms with Gasteiger partial charge in [0.2, 0.25) is 0 Å². The van der Waals surface area contributed by atoms with Crippen molar-refractivity contribution in [3.63, 3.8) is 0 Å². The topological polar surface area (TPSA) is 40.5 Å². The Kier molecular flexibility index (Phi) is 4.20. The van der Waals surface area contributed by atoms with Crippen molar-refractivity contribution in [3.8, 4) is 0 Å². The zero-order chi connectivity index (χ0) is 15.5. The SMILES string of the molecule is O=C(O)[C@@H]1CN(Cc2ccccc2)C[C@@H]1c1ccccc1F. The summed E-state index contributed by atoms with van der Waals surface area (Å²) in [6.07, 6.45) is 0. The number of carboxylic acids is 1. The van der Waals surface area contributed by atoms with Crippen LogP contribution in [0.4, 0.5) is 4.39 Å². The minimum Gasteiger partial charge on any atom is -0.481 e. The first-order chi connectivity index (χ1) is 10.6. The first-order valence-electron chi connectivity index (χ1n) is 7.38. The van der Waals surface area contributed by atoms with E-state index in [0.717, 1.165) is 5.56 Å². The molecule has 0 spiro atoms. The van der Waals surface area contributed by atoms with Crippen LogP contribution in [-0.2, 0) is 11.3 Å². The summed E-state index contributed by atoms with van der Waals surface area (Å²) in [7, 11) is 0. The second-order valence-electron chi connectivity index (χ2n) is 5.75. The summed E-state index contributed by atoms with van der Waals surface area (Å²) in [5.41, 5.74) is 1.64. The maximum Gasteiger partial charge on any atom is 0.308 e. The van der Waals surface area contributed by atoms with Gasteiger partial charge in [0, 0.05) is 25.6 Å². The first kappa shape index (κ1) is 14.7. The molecule has 2 aromatic carbocycles. The lowest BCUT2D eigenvalue weighted by atomic mass is 9.89. The molecule has 0 radical (unpaired) electrons. The lowest BCUT2D eigenvalue weighted by Crippen LogP contribution is -2.23. The summed E-state index contributed by atoms with van der Waals surface area (Å²) in [5, 5.41) is 9.47. The highest BCUT2D eigenvalue weighted by molar-refractivity contribution is 5.72. The Hall–Kier alpha value is -2.20. The van der Waals surface area contributed by atoms with Crippen molar-refractivity contribution in [2.24, 2.45) is 5.92 Å². The third kappa shape index (κ3) is 3.02. The fraction of sp³-hybridized carbons (Fsp3) is 0.278. The van der Waals surface area contributed by atoms with E-state index in [9.17, 15) is 14.3 Å². The van der Waals surface area contributed by atoms with Gasteiger partial charge in [0.05, 0.1) is 5.92 Å². The van der Waals surface area contributed by atoms with Crippen molar-refractivity contribution in [1.82, 2.24) is 4.90 Å². The molecule has 0 saturated carbocycles. The van der Waals surface area contributed by atoms with Crippen LogP contribution in [0.5, 0.6) is 0 Å². The zero-order valence-electron chi connectivity index (χ0n) is 12.2. The number of likely N-dealkylation sites (tertiary alicyclic amines) is 1. The molecule has 4 heteroatoms. The Labute approximate surface area is 129 Å². The number of rotatable bonds is 4. The van der Waals surface area contributed by atoms with Gasteiger partial charge in [-0.05, 0) is 17.2 Å². The van der Waals surface area contributed by atoms with Crippen molar-refractivity contribution in [2.75, 3.05) is 13.1 Å². The van der Waals surface area contributed by atoms with Crippen LogP contribution < -0.4 is 0 Å². The Balaban J connectivity index is 1.81. The average molecular weight is 299 g/mol. The highest BCUT2D eigenvalue weighted by Gasteiger charge is 2.39. The number of benzene rings is 2. The number of carboxylic acid groups (broad SMARTS) is 1. The molecule has 3 rings (SSSR count). The van der Waals surface area contributed by atoms with Gasteiger partial charge in [-0.3, -0.25) is 9.69 Å².